The molecular weight excluding hydrogens is 242 g/mol. The molecule has 20 heavy (non-hydrogen) atoms. The number of aryl methyl sites for hydroxylation is 1. The van der Waals surface area contributed by atoms with Crippen molar-refractivity contribution in [2.75, 3.05) is 0 Å². The Bertz CT molecular complexity index is 499. The second-order valence-corrected chi connectivity index (χ2v) is 5.74. The summed E-state index contributed by atoms with van der Waals surface area (Å²) in [4.78, 5) is 4.36. The zero-order valence-electron chi connectivity index (χ0n) is 12.8. The summed E-state index contributed by atoms with van der Waals surface area (Å²) < 4.78 is 0. The third-order valence-electron chi connectivity index (χ3n) is 4.05. The molecule has 0 saturated carbocycles. The third-order valence-corrected chi connectivity index (χ3v) is 4.05. The van der Waals surface area contributed by atoms with E-state index in [1.165, 1.54) is 74.1 Å². The van der Waals surface area contributed by atoms with E-state index in [2.05, 4.69) is 36.2 Å². The van der Waals surface area contributed by atoms with E-state index >= 15 is 0 Å². The summed E-state index contributed by atoms with van der Waals surface area (Å²) in [5.74, 6) is 0. The highest BCUT2D eigenvalue weighted by molar-refractivity contribution is 5.84. The Morgan fingerprint density at radius 2 is 1.50 bits per heavy atom. The van der Waals surface area contributed by atoms with Crippen molar-refractivity contribution in [2.24, 2.45) is 0 Å². The fraction of sp³-hybridized carbons (Fsp3) is 0.526. The van der Waals surface area contributed by atoms with Crippen LogP contribution in [0.15, 0.2) is 36.7 Å². The number of rotatable bonds is 9. The van der Waals surface area contributed by atoms with E-state index in [0.717, 1.165) is 0 Å². The zero-order valence-corrected chi connectivity index (χ0v) is 12.8. The second kappa shape index (κ2) is 8.73. The Kier molecular flexibility index (Phi) is 6.56. The standard InChI is InChI=1S/C19H27N/c1-2-3-4-5-6-7-8-9-12-17-15-20-16-18-13-10-11-14-19(17)18/h10-11,13-16H,2-9,12H2,1H3. The minimum absolute atomic E-state index is 1.17. The van der Waals surface area contributed by atoms with Crippen molar-refractivity contribution in [3.63, 3.8) is 0 Å². The molecule has 0 saturated heterocycles. The van der Waals surface area contributed by atoms with Gasteiger partial charge in [0.1, 0.15) is 0 Å². The number of pyridine rings is 1. The summed E-state index contributed by atoms with van der Waals surface area (Å²) in [6.45, 7) is 2.28. The summed E-state index contributed by atoms with van der Waals surface area (Å²) in [7, 11) is 0. The average molecular weight is 269 g/mol. The molecule has 2 rings (SSSR count). The molecule has 0 fully saturated rings. The topological polar surface area (TPSA) is 12.9 Å². The van der Waals surface area contributed by atoms with Gasteiger partial charge in [-0.2, -0.15) is 0 Å². The van der Waals surface area contributed by atoms with Crippen LogP contribution in [-0.4, -0.2) is 4.98 Å². The Morgan fingerprint density at radius 3 is 2.30 bits per heavy atom. The molecule has 1 nitrogen and oxygen atoms in total. The van der Waals surface area contributed by atoms with Crippen molar-refractivity contribution in [3.05, 3.63) is 42.2 Å². The van der Waals surface area contributed by atoms with Crippen LogP contribution in [0.3, 0.4) is 0 Å². The van der Waals surface area contributed by atoms with Crippen LogP contribution in [-0.2, 0) is 6.42 Å². The maximum absolute atomic E-state index is 4.36. The molecule has 1 heterocycles. The highest BCUT2D eigenvalue weighted by Gasteiger charge is 2.00. The molecule has 0 atom stereocenters. The minimum Gasteiger partial charge on any atom is -0.264 e. The first kappa shape index (κ1) is 15.0. The average Bonchev–Trinajstić information content (AvgIpc) is 2.50. The van der Waals surface area contributed by atoms with Gasteiger partial charge in [0.05, 0.1) is 0 Å². The van der Waals surface area contributed by atoms with Gasteiger partial charge in [0.2, 0.25) is 0 Å². The van der Waals surface area contributed by atoms with E-state index < -0.39 is 0 Å². The lowest BCUT2D eigenvalue weighted by Crippen LogP contribution is -1.90. The molecule has 0 bridgehead atoms. The largest absolute Gasteiger partial charge is 0.264 e. The summed E-state index contributed by atoms with van der Waals surface area (Å²) in [5, 5.41) is 2.65. The monoisotopic (exact) mass is 269 g/mol. The van der Waals surface area contributed by atoms with Crippen LogP contribution in [0.1, 0.15) is 63.9 Å². The third kappa shape index (κ3) is 4.63. The lowest BCUT2D eigenvalue weighted by molar-refractivity contribution is 0.576. The fourth-order valence-corrected chi connectivity index (χ4v) is 2.83. The van der Waals surface area contributed by atoms with Crippen LogP contribution in [0.25, 0.3) is 10.8 Å². The summed E-state index contributed by atoms with van der Waals surface area (Å²) in [6, 6.07) is 8.58. The van der Waals surface area contributed by atoms with E-state index in [4.69, 9.17) is 0 Å². The van der Waals surface area contributed by atoms with Gasteiger partial charge >= 0.3 is 0 Å². The molecule has 0 aliphatic carbocycles. The molecule has 1 heteroatoms. The molecule has 0 radical (unpaired) electrons. The molecule has 0 aliphatic rings. The molecule has 0 amide bonds. The molecule has 0 N–H and O–H groups in total. The summed E-state index contributed by atoms with van der Waals surface area (Å²) in [6.07, 6.45) is 16.2. The molecule has 0 aliphatic heterocycles. The molecule has 1 aromatic carbocycles. The number of aromatic nitrogens is 1. The minimum atomic E-state index is 1.17. The van der Waals surface area contributed by atoms with Gasteiger partial charge in [-0.3, -0.25) is 4.98 Å². The highest BCUT2D eigenvalue weighted by atomic mass is 14.6. The van der Waals surface area contributed by atoms with Gasteiger partial charge in [0.15, 0.2) is 0 Å². The van der Waals surface area contributed by atoms with Crippen molar-refractivity contribution in [1.82, 2.24) is 4.98 Å². The SMILES string of the molecule is CCCCCCCCCCc1cncc2ccccc12. The van der Waals surface area contributed by atoms with Gasteiger partial charge in [0.25, 0.3) is 0 Å². The first-order chi connectivity index (χ1) is 9.92. The number of unbranched alkanes of at least 4 members (excludes halogenated alkanes) is 7. The number of benzene rings is 1. The van der Waals surface area contributed by atoms with Crippen molar-refractivity contribution in [2.45, 2.75) is 64.7 Å². The van der Waals surface area contributed by atoms with Crippen LogP contribution in [0.2, 0.25) is 0 Å². The fourth-order valence-electron chi connectivity index (χ4n) is 2.83. The van der Waals surface area contributed by atoms with Crippen molar-refractivity contribution in [1.29, 1.82) is 0 Å². The first-order valence-corrected chi connectivity index (χ1v) is 8.23. The maximum atomic E-state index is 4.36. The van der Waals surface area contributed by atoms with Crippen LogP contribution >= 0.6 is 0 Å². The van der Waals surface area contributed by atoms with Crippen molar-refractivity contribution < 1.29 is 0 Å². The zero-order chi connectivity index (χ0) is 14.0. The van der Waals surface area contributed by atoms with Gasteiger partial charge < -0.3 is 0 Å². The predicted octanol–water partition coefficient (Wildman–Crippen LogP) is 5.92. The lowest BCUT2D eigenvalue weighted by Gasteiger charge is -2.06. The molecular formula is C19H27N. The Morgan fingerprint density at radius 1 is 0.800 bits per heavy atom. The Hall–Kier alpha value is -1.37. The quantitative estimate of drug-likeness (QED) is 0.515. The molecule has 0 spiro atoms. The first-order valence-electron chi connectivity index (χ1n) is 8.23. The van der Waals surface area contributed by atoms with Crippen LogP contribution in [0.5, 0.6) is 0 Å². The summed E-state index contributed by atoms with van der Waals surface area (Å²) >= 11 is 0. The highest BCUT2D eigenvalue weighted by Crippen LogP contribution is 2.19. The van der Waals surface area contributed by atoms with Gasteiger partial charge in [-0.1, -0.05) is 76.1 Å². The van der Waals surface area contributed by atoms with E-state index in [-0.39, 0.29) is 0 Å². The maximum Gasteiger partial charge on any atom is 0.0346 e. The van der Waals surface area contributed by atoms with Gasteiger partial charge in [0, 0.05) is 17.8 Å². The predicted molar refractivity (Wildman–Crippen MR) is 88.1 cm³/mol. The van der Waals surface area contributed by atoms with Gasteiger partial charge in [-0.25, -0.2) is 0 Å². The van der Waals surface area contributed by atoms with Crippen molar-refractivity contribution >= 4 is 10.8 Å². The normalized spacial score (nSPS) is 11.1. The summed E-state index contributed by atoms with van der Waals surface area (Å²) in [5.41, 5.74) is 1.41. The Balaban J connectivity index is 1.71. The number of hydrogen-bond donors (Lipinski definition) is 0. The molecule has 108 valence electrons. The van der Waals surface area contributed by atoms with Gasteiger partial charge in [-0.05, 0) is 23.8 Å². The van der Waals surface area contributed by atoms with Crippen molar-refractivity contribution in [3.8, 4) is 0 Å². The number of fused-ring (bicyclic) bond motifs is 1. The smallest absolute Gasteiger partial charge is 0.0346 e. The second-order valence-electron chi connectivity index (χ2n) is 5.74. The van der Waals surface area contributed by atoms with E-state index in [0.29, 0.717) is 0 Å². The van der Waals surface area contributed by atoms with Crippen LogP contribution < -0.4 is 0 Å². The van der Waals surface area contributed by atoms with E-state index in [1.54, 1.807) is 0 Å². The van der Waals surface area contributed by atoms with E-state index in [9.17, 15) is 0 Å². The Labute approximate surface area is 123 Å². The van der Waals surface area contributed by atoms with Crippen LogP contribution in [0, 0.1) is 0 Å². The molecule has 0 unspecified atom stereocenters. The molecule has 1 aromatic heterocycles. The number of hydrogen-bond acceptors (Lipinski definition) is 1. The van der Waals surface area contributed by atoms with Crippen LogP contribution in [0.4, 0.5) is 0 Å². The molecule has 2 aromatic rings. The van der Waals surface area contributed by atoms with Gasteiger partial charge in [-0.15, -0.1) is 0 Å². The lowest BCUT2D eigenvalue weighted by atomic mass is 10.0. The van der Waals surface area contributed by atoms with E-state index in [1.807, 2.05) is 12.4 Å². The number of nitrogens with zero attached hydrogens (tertiary/aromatic N) is 1.